The number of sulfonamides is 1. The Kier molecular flexibility index (Phi) is 7.01. The van der Waals surface area contributed by atoms with Crippen molar-refractivity contribution in [2.24, 2.45) is 0 Å². The van der Waals surface area contributed by atoms with Crippen LogP contribution in [-0.4, -0.2) is 75.0 Å². The average molecular weight is 456 g/mol. The minimum Gasteiger partial charge on any atom is -0.496 e. The number of halogens is 1. The van der Waals surface area contributed by atoms with Gasteiger partial charge in [0.2, 0.25) is 10.0 Å². The lowest BCUT2D eigenvalue weighted by Crippen LogP contribution is -2.51. The van der Waals surface area contributed by atoms with E-state index in [0.717, 1.165) is 0 Å². The van der Waals surface area contributed by atoms with Gasteiger partial charge in [-0.1, -0.05) is 11.6 Å². The largest absolute Gasteiger partial charge is 0.496 e. The van der Waals surface area contributed by atoms with Crippen molar-refractivity contribution in [1.29, 1.82) is 0 Å². The first kappa shape index (κ1) is 22.1. The third kappa shape index (κ3) is 5.13. The number of hydrogen-bond acceptors (Lipinski definition) is 6. The normalized spacial score (nSPS) is 15.1. The Morgan fingerprint density at radius 1 is 1.20 bits per heavy atom. The first-order valence-corrected chi connectivity index (χ1v) is 11.2. The molecule has 1 aromatic carbocycles. The molecule has 2 amide bonds. The van der Waals surface area contributed by atoms with Crippen molar-refractivity contribution in [2.75, 3.05) is 45.6 Å². The van der Waals surface area contributed by atoms with E-state index < -0.39 is 15.9 Å². The Balaban J connectivity index is 1.51. The lowest BCUT2D eigenvalue weighted by atomic mass is 10.2. The van der Waals surface area contributed by atoms with Gasteiger partial charge in [0, 0.05) is 37.7 Å². The fraction of sp³-hybridized carbons (Fsp3) is 0.368. The maximum absolute atomic E-state index is 12.6. The summed E-state index contributed by atoms with van der Waals surface area (Å²) >= 11 is 5.92. The van der Waals surface area contributed by atoms with E-state index in [-0.39, 0.29) is 55.7 Å². The Morgan fingerprint density at radius 2 is 1.93 bits per heavy atom. The molecule has 0 unspecified atom stereocenters. The van der Waals surface area contributed by atoms with Crippen LogP contribution in [0.25, 0.3) is 0 Å². The van der Waals surface area contributed by atoms with Gasteiger partial charge in [-0.05, 0) is 30.3 Å². The van der Waals surface area contributed by atoms with E-state index in [2.05, 4.69) is 5.32 Å². The summed E-state index contributed by atoms with van der Waals surface area (Å²) in [6.07, 6.45) is 1.42. The SMILES string of the molecule is COc1ccc(Cl)cc1C(=O)NCCS(=O)(=O)N1CCN(C(=O)c2ccco2)CC1. The maximum atomic E-state index is 12.6. The van der Waals surface area contributed by atoms with E-state index in [1.165, 1.54) is 23.7 Å². The summed E-state index contributed by atoms with van der Waals surface area (Å²) in [6, 6.07) is 7.82. The lowest BCUT2D eigenvalue weighted by Gasteiger charge is -2.33. The van der Waals surface area contributed by atoms with Gasteiger partial charge in [0.25, 0.3) is 11.8 Å². The van der Waals surface area contributed by atoms with Gasteiger partial charge in [-0.3, -0.25) is 9.59 Å². The van der Waals surface area contributed by atoms with Gasteiger partial charge in [0.1, 0.15) is 5.75 Å². The quantitative estimate of drug-likeness (QED) is 0.677. The molecule has 1 N–H and O–H groups in total. The summed E-state index contributed by atoms with van der Waals surface area (Å²) < 4.78 is 36.7. The molecule has 0 aliphatic carbocycles. The highest BCUT2D eigenvalue weighted by Gasteiger charge is 2.30. The summed E-state index contributed by atoms with van der Waals surface area (Å²) in [5.74, 6) is -0.422. The second-order valence-corrected chi connectivity index (χ2v) is 9.11. The third-order valence-corrected chi connectivity index (χ3v) is 6.81. The molecule has 2 aromatic rings. The predicted molar refractivity (Wildman–Crippen MR) is 110 cm³/mol. The van der Waals surface area contributed by atoms with Crippen LogP contribution in [0.3, 0.4) is 0 Å². The molecular formula is C19H22ClN3O6S. The molecule has 0 bridgehead atoms. The Labute approximate surface area is 179 Å². The van der Waals surface area contributed by atoms with Gasteiger partial charge < -0.3 is 19.4 Å². The number of methoxy groups -OCH3 is 1. The van der Waals surface area contributed by atoms with Crippen LogP contribution in [0, 0.1) is 0 Å². The highest BCUT2D eigenvalue weighted by Crippen LogP contribution is 2.22. The van der Waals surface area contributed by atoms with Gasteiger partial charge in [0.05, 0.1) is 24.7 Å². The van der Waals surface area contributed by atoms with Crippen LogP contribution in [0.15, 0.2) is 41.0 Å². The van der Waals surface area contributed by atoms with Gasteiger partial charge in [-0.25, -0.2) is 8.42 Å². The molecule has 11 heteroatoms. The zero-order valence-corrected chi connectivity index (χ0v) is 17.9. The molecule has 30 heavy (non-hydrogen) atoms. The zero-order valence-electron chi connectivity index (χ0n) is 16.3. The molecule has 9 nitrogen and oxygen atoms in total. The van der Waals surface area contributed by atoms with Crippen LogP contribution >= 0.6 is 11.6 Å². The molecule has 3 rings (SSSR count). The highest BCUT2D eigenvalue weighted by molar-refractivity contribution is 7.89. The summed E-state index contributed by atoms with van der Waals surface area (Å²) in [5.41, 5.74) is 0.229. The van der Waals surface area contributed by atoms with E-state index >= 15 is 0 Å². The van der Waals surface area contributed by atoms with Gasteiger partial charge in [-0.2, -0.15) is 4.31 Å². The van der Waals surface area contributed by atoms with E-state index in [1.807, 2.05) is 0 Å². The minimum absolute atomic E-state index is 0.0671. The van der Waals surface area contributed by atoms with Crippen LogP contribution in [0.2, 0.25) is 5.02 Å². The molecule has 1 saturated heterocycles. The molecule has 0 spiro atoms. The second kappa shape index (κ2) is 9.50. The number of amides is 2. The van der Waals surface area contributed by atoms with Gasteiger partial charge in [-0.15, -0.1) is 0 Å². The molecule has 1 fully saturated rings. The first-order valence-electron chi connectivity index (χ1n) is 9.24. The molecular weight excluding hydrogens is 434 g/mol. The number of nitrogens with zero attached hydrogens (tertiary/aromatic N) is 2. The average Bonchev–Trinajstić information content (AvgIpc) is 3.28. The first-order chi connectivity index (χ1) is 14.3. The van der Waals surface area contributed by atoms with Crippen molar-refractivity contribution in [3.63, 3.8) is 0 Å². The Morgan fingerprint density at radius 3 is 2.57 bits per heavy atom. The predicted octanol–water partition coefficient (Wildman–Crippen LogP) is 1.46. The van der Waals surface area contributed by atoms with Crippen LogP contribution < -0.4 is 10.1 Å². The molecule has 1 aromatic heterocycles. The van der Waals surface area contributed by atoms with Crippen LogP contribution in [-0.2, 0) is 10.0 Å². The molecule has 162 valence electrons. The van der Waals surface area contributed by atoms with Gasteiger partial charge in [0.15, 0.2) is 5.76 Å². The van der Waals surface area contributed by atoms with E-state index in [4.69, 9.17) is 20.8 Å². The van der Waals surface area contributed by atoms with Crippen molar-refractivity contribution in [1.82, 2.24) is 14.5 Å². The Bertz CT molecular complexity index is 1000. The smallest absolute Gasteiger partial charge is 0.289 e. The van der Waals surface area contributed by atoms with Crippen molar-refractivity contribution < 1.29 is 27.2 Å². The fourth-order valence-corrected chi connectivity index (χ4v) is 4.61. The molecule has 0 atom stereocenters. The zero-order chi connectivity index (χ0) is 21.7. The number of ether oxygens (including phenoxy) is 1. The highest BCUT2D eigenvalue weighted by atomic mass is 35.5. The van der Waals surface area contributed by atoms with Crippen molar-refractivity contribution >= 4 is 33.4 Å². The third-order valence-electron chi connectivity index (χ3n) is 4.70. The summed E-state index contributed by atoms with van der Waals surface area (Å²) in [7, 11) is -2.16. The number of rotatable bonds is 7. The summed E-state index contributed by atoms with van der Waals surface area (Å²) in [6.45, 7) is 0.841. The number of carbonyl (C=O) groups excluding carboxylic acids is 2. The number of piperazine rings is 1. The van der Waals surface area contributed by atoms with E-state index in [1.54, 1.807) is 29.2 Å². The minimum atomic E-state index is -3.59. The molecule has 2 heterocycles. The Hall–Kier alpha value is -2.56. The van der Waals surface area contributed by atoms with Crippen LogP contribution in [0.4, 0.5) is 0 Å². The van der Waals surface area contributed by atoms with Crippen molar-refractivity contribution in [3.8, 4) is 5.75 Å². The summed E-state index contributed by atoms with van der Waals surface area (Å²) in [5, 5.41) is 2.95. The second-order valence-electron chi connectivity index (χ2n) is 6.59. The maximum Gasteiger partial charge on any atom is 0.289 e. The van der Waals surface area contributed by atoms with E-state index in [9.17, 15) is 18.0 Å². The molecule has 0 saturated carbocycles. The molecule has 1 aliphatic rings. The van der Waals surface area contributed by atoms with Crippen molar-refractivity contribution in [2.45, 2.75) is 0 Å². The van der Waals surface area contributed by atoms with Crippen molar-refractivity contribution in [3.05, 3.63) is 52.9 Å². The monoisotopic (exact) mass is 455 g/mol. The number of furan rings is 1. The number of nitrogens with one attached hydrogen (secondary N) is 1. The van der Waals surface area contributed by atoms with E-state index in [0.29, 0.717) is 10.8 Å². The van der Waals surface area contributed by atoms with Crippen LogP contribution in [0.1, 0.15) is 20.9 Å². The van der Waals surface area contributed by atoms with Gasteiger partial charge >= 0.3 is 0 Å². The fourth-order valence-electron chi connectivity index (χ4n) is 3.10. The topological polar surface area (TPSA) is 109 Å². The number of benzene rings is 1. The summed E-state index contributed by atoms with van der Waals surface area (Å²) in [4.78, 5) is 26.2. The van der Waals surface area contributed by atoms with Crippen LogP contribution in [0.5, 0.6) is 5.75 Å². The lowest BCUT2D eigenvalue weighted by molar-refractivity contribution is 0.0665. The number of hydrogen-bond donors (Lipinski definition) is 1. The molecule has 1 aliphatic heterocycles. The standard InChI is InChI=1S/C19H22ClN3O6S/c1-28-16-5-4-14(20)13-15(16)18(24)21-6-12-30(26,27)23-9-7-22(8-10-23)19(25)17-3-2-11-29-17/h2-5,11,13H,6-10,12H2,1H3,(H,21,24). The number of carbonyl (C=O) groups is 2. The molecule has 0 radical (unpaired) electrons.